The topological polar surface area (TPSA) is 50.8 Å². The summed E-state index contributed by atoms with van der Waals surface area (Å²) < 4.78 is 5.88. The molecule has 2 N–H and O–H groups in total. The van der Waals surface area contributed by atoms with Crippen molar-refractivity contribution in [1.82, 2.24) is 4.90 Å². The van der Waals surface area contributed by atoms with Crippen molar-refractivity contribution in [3.05, 3.63) is 29.8 Å². The Morgan fingerprint density at radius 2 is 2.30 bits per heavy atom. The van der Waals surface area contributed by atoms with E-state index >= 15 is 0 Å². The molecule has 2 aliphatic heterocycles. The van der Waals surface area contributed by atoms with Gasteiger partial charge in [0.25, 0.3) is 0 Å². The summed E-state index contributed by atoms with van der Waals surface area (Å²) >= 11 is 0. The summed E-state index contributed by atoms with van der Waals surface area (Å²) in [7, 11) is 0. The van der Waals surface area contributed by atoms with E-state index in [2.05, 4.69) is 28.9 Å². The molecule has 1 saturated heterocycles. The highest BCUT2D eigenvalue weighted by Gasteiger charge is 2.23. The summed E-state index contributed by atoms with van der Waals surface area (Å²) in [5.41, 5.74) is 7.39. The van der Waals surface area contributed by atoms with Crippen molar-refractivity contribution in [3.8, 4) is 5.75 Å². The van der Waals surface area contributed by atoms with Crippen molar-refractivity contribution in [2.75, 3.05) is 19.6 Å². The molecule has 2 heterocycles. The van der Waals surface area contributed by atoms with E-state index in [4.69, 9.17) is 10.5 Å². The molecule has 1 fully saturated rings. The van der Waals surface area contributed by atoms with Crippen molar-refractivity contribution in [1.29, 1.82) is 0 Å². The lowest BCUT2D eigenvalue weighted by Crippen LogP contribution is -2.44. The van der Waals surface area contributed by atoms with Crippen LogP contribution in [0.2, 0.25) is 0 Å². The quantitative estimate of drug-likeness (QED) is 0.662. The number of likely N-dealkylation sites (tertiary alicyclic amines) is 1. The first-order valence-corrected chi connectivity index (χ1v) is 7.52. The molecule has 0 amide bonds. The Balaban J connectivity index is 1.56. The lowest BCUT2D eigenvalue weighted by atomic mass is 10.0. The smallest absolute Gasteiger partial charge is 0.191 e. The molecule has 0 aliphatic carbocycles. The molecule has 1 aromatic carbocycles. The molecule has 2 unspecified atom stereocenters. The number of rotatable bonds is 2. The molecule has 2 atom stereocenters. The van der Waals surface area contributed by atoms with Gasteiger partial charge in [0.2, 0.25) is 0 Å². The predicted molar refractivity (Wildman–Crippen MR) is 81.0 cm³/mol. The molecule has 4 heteroatoms. The summed E-state index contributed by atoms with van der Waals surface area (Å²) in [6.07, 6.45) is 3.57. The van der Waals surface area contributed by atoms with E-state index < -0.39 is 0 Å². The highest BCUT2D eigenvalue weighted by molar-refractivity contribution is 5.78. The molecule has 0 radical (unpaired) electrons. The Kier molecular flexibility index (Phi) is 3.81. The van der Waals surface area contributed by atoms with Crippen LogP contribution < -0.4 is 10.5 Å². The van der Waals surface area contributed by atoms with Crippen LogP contribution in [0.25, 0.3) is 0 Å². The average molecular weight is 273 g/mol. The van der Waals surface area contributed by atoms with Gasteiger partial charge in [-0.25, -0.2) is 4.99 Å². The maximum atomic E-state index is 6.11. The second-order valence-corrected chi connectivity index (χ2v) is 5.94. The molecule has 1 aromatic rings. The van der Waals surface area contributed by atoms with Gasteiger partial charge >= 0.3 is 0 Å². The van der Waals surface area contributed by atoms with E-state index in [1.165, 1.54) is 18.4 Å². The molecule has 0 aromatic heterocycles. The summed E-state index contributed by atoms with van der Waals surface area (Å²) in [5.74, 6) is 2.39. The number of ether oxygens (including phenoxy) is 1. The van der Waals surface area contributed by atoms with Crippen LogP contribution in [0.15, 0.2) is 29.3 Å². The number of benzene rings is 1. The van der Waals surface area contributed by atoms with Crippen molar-refractivity contribution in [3.63, 3.8) is 0 Å². The normalized spacial score (nSPS) is 26.2. The van der Waals surface area contributed by atoms with Gasteiger partial charge < -0.3 is 15.4 Å². The van der Waals surface area contributed by atoms with Crippen molar-refractivity contribution < 1.29 is 4.74 Å². The number of nitrogens with zero attached hydrogens (tertiary/aromatic N) is 2. The van der Waals surface area contributed by atoms with Gasteiger partial charge in [-0.1, -0.05) is 25.1 Å². The Morgan fingerprint density at radius 3 is 3.10 bits per heavy atom. The van der Waals surface area contributed by atoms with Crippen LogP contribution in [-0.2, 0) is 6.42 Å². The summed E-state index contributed by atoms with van der Waals surface area (Å²) in [5, 5.41) is 0. The third kappa shape index (κ3) is 2.89. The zero-order chi connectivity index (χ0) is 13.9. The largest absolute Gasteiger partial charge is 0.488 e. The minimum atomic E-state index is 0.133. The number of piperidine rings is 1. The van der Waals surface area contributed by atoms with Crippen LogP contribution in [0, 0.1) is 5.92 Å². The van der Waals surface area contributed by atoms with Gasteiger partial charge in [0.1, 0.15) is 11.9 Å². The standard InChI is InChI=1S/C16H23N3O/c1-12-5-4-8-19(11-12)16(17)18-10-14-9-13-6-2-3-7-15(13)20-14/h2-3,6-7,12,14H,4-5,8-11H2,1H3,(H2,17,18). The first-order chi connectivity index (χ1) is 9.72. The Hall–Kier alpha value is -1.71. The zero-order valence-corrected chi connectivity index (χ0v) is 12.1. The maximum absolute atomic E-state index is 6.11. The van der Waals surface area contributed by atoms with Crippen LogP contribution >= 0.6 is 0 Å². The lowest BCUT2D eigenvalue weighted by molar-refractivity contribution is 0.238. The fraction of sp³-hybridized carbons (Fsp3) is 0.562. The van der Waals surface area contributed by atoms with E-state index in [9.17, 15) is 0 Å². The minimum absolute atomic E-state index is 0.133. The Morgan fingerprint density at radius 1 is 1.45 bits per heavy atom. The molecule has 108 valence electrons. The van der Waals surface area contributed by atoms with Crippen LogP contribution in [-0.4, -0.2) is 36.6 Å². The van der Waals surface area contributed by atoms with Crippen LogP contribution in [0.1, 0.15) is 25.3 Å². The molecule has 3 rings (SSSR count). The molecule has 0 saturated carbocycles. The fourth-order valence-electron chi connectivity index (χ4n) is 3.05. The predicted octanol–water partition coefficient (Wildman–Crippen LogP) is 2.04. The second kappa shape index (κ2) is 5.73. The van der Waals surface area contributed by atoms with Crippen molar-refractivity contribution in [2.45, 2.75) is 32.3 Å². The third-order valence-corrected chi connectivity index (χ3v) is 4.15. The number of hydrogen-bond donors (Lipinski definition) is 1. The number of guanidine groups is 1. The van der Waals surface area contributed by atoms with Crippen LogP contribution in [0.5, 0.6) is 5.75 Å². The van der Waals surface area contributed by atoms with E-state index in [1.807, 2.05) is 12.1 Å². The molecular weight excluding hydrogens is 250 g/mol. The molecule has 20 heavy (non-hydrogen) atoms. The van der Waals surface area contributed by atoms with Gasteiger partial charge in [-0.05, 0) is 30.4 Å². The van der Waals surface area contributed by atoms with Crippen LogP contribution in [0.4, 0.5) is 0 Å². The molecule has 0 bridgehead atoms. The summed E-state index contributed by atoms with van der Waals surface area (Å²) in [6.45, 7) is 4.98. The van der Waals surface area contributed by atoms with E-state index in [0.717, 1.165) is 25.3 Å². The highest BCUT2D eigenvalue weighted by Crippen LogP contribution is 2.28. The van der Waals surface area contributed by atoms with Gasteiger partial charge in [0.15, 0.2) is 5.96 Å². The molecule has 0 spiro atoms. The highest BCUT2D eigenvalue weighted by atomic mass is 16.5. The van der Waals surface area contributed by atoms with Gasteiger partial charge in [-0.15, -0.1) is 0 Å². The summed E-state index contributed by atoms with van der Waals surface area (Å²) in [6, 6.07) is 8.20. The second-order valence-electron chi connectivity index (χ2n) is 5.94. The van der Waals surface area contributed by atoms with E-state index in [-0.39, 0.29) is 6.10 Å². The maximum Gasteiger partial charge on any atom is 0.191 e. The molecule has 2 aliphatic rings. The third-order valence-electron chi connectivity index (χ3n) is 4.15. The van der Waals surface area contributed by atoms with Crippen LogP contribution in [0.3, 0.4) is 0 Å². The number of fused-ring (bicyclic) bond motifs is 1. The van der Waals surface area contributed by atoms with Gasteiger partial charge in [0, 0.05) is 19.5 Å². The first-order valence-electron chi connectivity index (χ1n) is 7.52. The fourth-order valence-corrected chi connectivity index (χ4v) is 3.05. The van der Waals surface area contributed by atoms with Crippen molar-refractivity contribution >= 4 is 5.96 Å². The minimum Gasteiger partial charge on any atom is -0.488 e. The zero-order valence-electron chi connectivity index (χ0n) is 12.1. The monoisotopic (exact) mass is 273 g/mol. The number of hydrogen-bond acceptors (Lipinski definition) is 2. The number of nitrogens with two attached hydrogens (primary N) is 1. The lowest BCUT2D eigenvalue weighted by Gasteiger charge is -2.31. The Labute approximate surface area is 120 Å². The van der Waals surface area contributed by atoms with E-state index in [1.54, 1.807) is 0 Å². The van der Waals surface area contributed by atoms with Gasteiger partial charge in [0.05, 0.1) is 6.54 Å². The van der Waals surface area contributed by atoms with Gasteiger partial charge in [-0.2, -0.15) is 0 Å². The first kappa shape index (κ1) is 13.3. The SMILES string of the molecule is CC1CCCN(C(N)=NCC2Cc3ccccc3O2)C1. The average Bonchev–Trinajstić information content (AvgIpc) is 2.87. The molecular formula is C16H23N3O. The van der Waals surface area contributed by atoms with Gasteiger partial charge in [-0.3, -0.25) is 0 Å². The number of aliphatic imine (C=N–C) groups is 1. The van der Waals surface area contributed by atoms with Crippen molar-refractivity contribution in [2.24, 2.45) is 16.6 Å². The number of para-hydroxylation sites is 1. The van der Waals surface area contributed by atoms with E-state index in [0.29, 0.717) is 18.4 Å². The summed E-state index contributed by atoms with van der Waals surface area (Å²) in [4.78, 5) is 6.75. The Bertz CT molecular complexity index is 475. The molecule has 4 nitrogen and oxygen atoms in total.